The Kier molecular flexibility index (Phi) is 14.0. The lowest BCUT2D eigenvalue weighted by Gasteiger charge is -2.37. The zero-order valence-corrected chi connectivity index (χ0v) is 27.3. The fraction of sp³-hybridized carbons (Fsp3) is 0.500. The van der Waals surface area contributed by atoms with E-state index in [1.165, 1.54) is 47.4 Å². The van der Waals surface area contributed by atoms with E-state index in [1.807, 2.05) is 27.7 Å². The van der Waals surface area contributed by atoms with E-state index in [1.54, 1.807) is 0 Å². The molecule has 2 aliphatic heterocycles. The zero-order chi connectivity index (χ0) is 35.8. The Hall–Kier alpha value is -3.01. The van der Waals surface area contributed by atoms with Crippen molar-refractivity contribution in [1.29, 1.82) is 0 Å². The average Bonchev–Trinajstić information content (AvgIpc) is 3.47. The molecule has 0 spiro atoms. The second-order valence-electron chi connectivity index (χ2n) is 9.94. The third kappa shape index (κ3) is 9.07. The number of sulfone groups is 2. The minimum absolute atomic E-state index is 0.0512. The Morgan fingerprint density at radius 2 is 1.22 bits per heavy atom. The lowest BCUT2D eigenvalue weighted by Crippen LogP contribution is -2.48. The number of rotatable bonds is 5. The van der Waals surface area contributed by atoms with Gasteiger partial charge in [0.05, 0.1) is 21.8 Å². The number of halogens is 8. The normalized spacial score (nSPS) is 20.5. The molecule has 46 heavy (non-hydrogen) atoms. The summed E-state index contributed by atoms with van der Waals surface area (Å²) in [5, 5.41) is 0. The molecule has 1 amide bonds. The maximum atomic E-state index is 13.9. The highest BCUT2D eigenvalue weighted by atomic mass is 32.2. The molecule has 2 aromatic carbocycles. The van der Waals surface area contributed by atoms with E-state index >= 15 is 0 Å². The van der Waals surface area contributed by atoms with E-state index in [-0.39, 0.29) is 54.7 Å². The Balaban J connectivity index is 0.000000762. The molecule has 16 heteroatoms. The first kappa shape index (κ1) is 41.0. The van der Waals surface area contributed by atoms with Crippen LogP contribution in [0.3, 0.4) is 0 Å². The van der Waals surface area contributed by atoms with E-state index in [0.717, 1.165) is 12.1 Å². The van der Waals surface area contributed by atoms with Gasteiger partial charge in [0.25, 0.3) is 0 Å². The molecule has 0 aliphatic carbocycles. The monoisotopic (exact) mass is 707 g/mol. The summed E-state index contributed by atoms with van der Waals surface area (Å²) in [4.78, 5) is 14.9. The van der Waals surface area contributed by atoms with Crippen LogP contribution in [-0.4, -0.2) is 64.6 Å². The van der Waals surface area contributed by atoms with Gasteiger partial charge in [-0.1, -0.05) is 45.9 Å². The van der Waals surface area contributed by atoms with Crippen LogP contribution in [0.25, 0.3) is 0 Å². The summed E-state index contributed by atoms with van der Waals surface area (Å²) in [6.45, 7) is 11.7. The number of likely N-dealkylation sites (tertiary alicyclic amines) is 1. The van der Waals surface area contributed by atoms with Crippen LogP contribution in [0.1, 0.15) is 52.5 Å². The van der Waals surface area contributed by atoms with Crippen molar-refractivity contribution in [2.24, 2.45) is 5.41 Å². The van der Waals surface area contributed by atoms with Crippen molar-refractivity contribution in [1.82, 2.24) is 4.90 Å². The van der Waals surface area contributed by atoms with Crippen LogP contribution >= 0.6 is 0 Å². The molecule has 0 N–H and O–H groups in total. The first-order valence-electron chi connectivity index (χ1n) is 14.2. The number of benzene rings is 2. The van der Waals surface area contributed by atoms with Crippen LogP contribution in [0.2, 0.25) is 0 Å². The predicted molar refractivity (Wildman–Crippen MR) is 158 cm³/mol. The van der Waals surface area contributed by atoms with Crippen LogP contribution in [0.15, 0.2) is 66.1 Å². The highest BCUT2D eigenvalue weighted by Gasteiger charge is 2.59. The average molecular weight is 708 g/mol. The molecular weight excluding hydrogens is 670 g/mol. The number of carbonyl (C=O) groups is 1. The minimum atomic E-state index is -6.06. The Labute approximate surface area is 264 Å². The number of carbonyl (C=O) groups excluding carboxylic acids is 1. The van der Waals surface area contributed by atoms with E-state index < -0.39 is 53.8 Å². The molecule has 2 fully saturated rings. The van der Waals surface area contributed by atoms with Crippen LogP contribution in [0.5, 0.6) is 0 Å². The van der Waals surface area contributed by atoms with Gasteiger partial charge in [-0.2, -0.15) is 26.3 Å². The van der Waals surface area contributed by atoms with Gasteiger partial charge in [-0.05, 0) is 61.2 Å². The van der Waals surface area contributed by atoms with Gasteiger partial charge in [-0.3, -0.25) is 4.79 Å². The number of amides is 1. The Morgan fingerprint density at radius 1 is 0.804 bits per heavy atom. The molecule has 0 saturated carbocycles. The van der Waals surface area contributed by atoms with Crippen molar-refractivity contribution in [3.63, 3.8) is 0 Å². The molecule has 4 rings (SSSR count). The van der Waals surface area contributed by atoms with Gasteiger partial charge in [-0.25, -0.2) is 25.6 Å². The van der Waals surface area contributed by atoms with Gasteiger partial charge in [0.1, 0.15) is 26.2 Å². The fourth-order valence-corrected chi connectivity index (χ4v) is 8.51. The zero-order valence-electron chi connectivity index (χ0n) is 25.7. The summed E-state index contributed by atoms with van der Waals surface area (Å²) in [7, 11) is -7.36. The topological polar surface area (TPSA) is 88.6 Å². The van der Waals surface area contributed by atoms with Gasteiger partial charge in [0.15, 0.2) is 9.84 Å². The molecule has 2 heterocycles. The summed E-state index contributed by atoms with van der Waals surface area (Å²) in [5.74, 6) is -1.77. The molecule has 0 aromatic heterocycles. The van der Waals surface area contributed by atoms with Gasteiger partial charge in [0, 0.05) is 13.1 Å². The summed E-state index contributed by atoms with van der Waals surface area (Å²) < 4.78 is 140. The second-order valence-corrected chi connectivity index (χ2v) is 14.5. The van der Waals surface area contributed by atoms with Crippen molar-refractivity contribution in [3.05, 3.63) is 78.4 Å². The smallest absolute Gasteiger partial charge is 0.340 e. The highest BCUT2D eigenvalue weighted by molar-refractivity contribution is 7.92. The van der Waals surface area contributed by atoms with Crippen molar-refractivity contribution < 1.29 is 56.8 Å². The third-order valence-electron chi connectivity index (χ3n) is 7.38. The largest absolute Gasteiger partial charge is 0.487 e. The van der Waals surface area contributed by atoms with Gasteiger partial charge in [-0.15, -0.1) is 6.58 Å². The lowest BCUT2D eigenvalue weighted by molar-refractivity contribution is -0.339. The Bertz CT molecular complexity index is 1500. The fourth-order valence-electron chi connectivity index (χ4n) is 4.88. The molecule has 1 atom stereocenters. The molecule has 6 nitrogen and oxygen atoms in total. The molecule has 2 aromatic rings. The highest BCUT2D eigenvalue weighted by Crippen LogP contribution is 2.46. The quantitative estimate of drug-likeness (QED) is 0.184. The summed E-state index contributed by atoms with van der Waals surface area (Å²) in [6.07, 6.45) is -10.4. The molecule has 0 bridgehead atoms. The van der Waals surface area contributed by atoms with Gasteiger partial charge < -0.3 is 4.90 Å². The van der Waals surface area contributed by atoms with Gasteiger partial charge in [0.2, 0.25) is 5.91 Å². The van der Waals surface area contributed by atoms with Crippen molar-refractivity contribution in [3.8, 4) is 0 Å². The number of hydrogen-bond donors (Lipinski definition) is 0. The SMILES string of the molecule is C=CC1(C(=O)N2CC[C@](c3ccc(F)cc3)(S(=O)(=O)c3ccc(F)cc3)C2)CCS(=O)(=O)CC1.CC.CC.FC(F)(F)C(F)(F)F. The first-order valence-corrected chi connectivity index (χ1v) is 17.5. The summed E-state index contributed by atoms with van der Waals surface area (Å²) in [6, 6.07) is 9.57. The van der Waals surface area contributed by atoms with Crippen LogP contribution in [-0.2, 0) is 29.2 Å². The molecule has 260 valence electrons. The minimum Gasteiger partial charge on any atom is -0.340 e. The molecule has 0 unspecified atom stereocenters. The molecule has 0 radical (unpaired) electrons. The van der Waals surface area contributed by atoms with Gasteiger partial charge >= 0.3 is 12.4 Å². The van der Waals surface area contributed by atoms with Crippen LogP contribution < -0.4 is 0 Å². The molecule has 2 saturated heterocycles. The Morgan fingerprint density at radius 3 is 1.61 bits per heavy atom. The predicted octanol–water partition coefficient (Wildman–Crippen LogP) is 7.41. The maximum absolute atomic E-state index is 13.9. The van der Waals surface area contributed by atoms with E-state index in [4.69, 9.17) is 0 Å². The van der Waals surface area contributed by atoms with E-state index in [2.05, 4.69) is 6.58 Å². The number of nitrogens with zero attached hydrogens (tertiary/aromatic N) is 1. The second kappa shape index (κ2) is 15.7. The van der Waals surface area contributed by atoms with Crippen molar-refractivity contribution >= 4 is 25.6 Å². The van der Waals surface area contributed by atoms with Crippen molar-refractivity contribution in [2.45, 2.75) is 69.0 Å². The molecule has 2 aliphatic rings. The summed E-state index contributed by atoms with van der Waals surface area (Å²) in [5.41, 5.74) is -0.767. The first-order chi connectivity index (χ1) is 21.2. The van der Waals surface area contributed by atoms with Crippen molar-refractivity contribution in [2.75, 3.05) is 24.6 Å². The van der Waals surface area contributed by atoms with Crippen LogP contribution in [0.4, 0.5) is 35.1 Å². The van der Waals surface area contributed by atoms with E-state index in [9.17, 15) is 56.8 Å². The standard InChI is InChI=1S/C24H25F2NO5S2.C2F6.2C2H6/c1-2-23(12-15-33(29,30)16-13-23)22(28)27-14-11-24(17-27,18-3-5-19(25)6-4-18)34(31,32)21-9-7-20(26)8-10-21;3-1(4,5)2(6,7)8;2*1-2/h2-10H,1,11-17H2;;2*1-2H3/t24-;;;/m0.../s1. The molecular formula is C30H37F8NO5S2. The maximum Gasteiger partial charge on any atom is 0.487 e. The number of hydrogen-bond acceptors (Lipinski definition) is 5. The third-order valence-corrected chi connectivity index (χ3v) is 11.5. The summed E-state index contributed by atoms with van der Waals surface area (Å²) >= 11 is 0. The van der Waals surface area contributed by atoms with Crippen LogP contribution in [0, 0.1) is 17.0 Å². The van der Waals surface area contributed by atoms with E-state index in [0.29, 0.717) is 5.56 Å². The number of alkyl halides is 6. The lowest BCUT2D eigenvalue weighted by atomic mass is 9.80.